The third kappa shape index (κ3) is 3.32. The molecular formula is C23H29N5O2S. The van der Waals surface area contributed by atoms with Crippen molar-refractivity contribution in [2.45, 2.75) is 68.3 Å². The van der Waals surface area contributed by atoms with E-state index in [1.165, 1.54) is 5.56 Å². The number of fused-ring (bicyclic) bond motifs is 2. The number of aryl methyl sites for hydroxylation is 2. The molecule has 2 atom stereocenters. The maximum Gasteiger partial charge on any atom is 0.212 e. The summed E-state index contributed by atoms with van der Waals surface area (Å²) in [4.78, 5) is 7.80. The largest absolute Gasteiger partial charge is 0.353 e. The highest BCUT2D eigenvalue weighted by molar-refractivity contribution is 7.91. The molecule has 0 bridgehead atoms. The molecule has 31 heavy (non-hydrogen) atoms. The molecule has 0 amide bonds. The van der Waals surface area contributed by atoms with Crippen molar-refractivity contribution in [1.82, 2.24) is 19.9 Å². The van der Waals surface area contributed by atoms with Crippen LogP contribution >= 0.6 is 0 Å². The number of nitrogens with one attached hydrogen (secondary N) is 1. The van der Waals surface area contributed by atoms with Crippen LogP contribution in [0.1, 0.15) is 44.1 Å². The van der Waals surface area contributed by atoms with E-state index in [0.29, 0.717) is 29.8 Å². The van der Waals surface area contributed by atoms with Crippen LogP contribution in [0.25, 0.3) is 5.65 Å². The minimum Gasteiger partial charge on any atom is -0.353 e. The Labute approximate surface area is 183 Å². The normalized spacial score (nSPS) is 21.6. The number of piperazine rings is 1. The summed E-state index contributed by atoms with van der Waals surface area (Å²) in [5, 5.41) is 8.42. The van der Waals surface area contributed by atoms with Gasteiger partial charge in [-0.15, -0.1) is 0 Å². The number of benzene rings is 1. The van der Waals surface area contributed by atoms with E-state index in [2.05, 4.69) is 24.1 Å². The lowest BCUT2D eigenvalue weighted by Crippen LogP contribution is -2.55. The lowest BCUT2D eigenvalue weighted by Gasteiger charge is -2.38. The van der Waals surface area contributed by atoms with Crippen molar-refractivity contribution in [2.75, 3.05) is 18.0 Å². The molecule has 2 unspecified atom stereocenters. The Kier molecular flexibility index (Phi) is 5.01. The minimum absolute atomic E-state index is 0.258. The summed E-state index contributed by atoms with van der Waals surface area (Å²) in [7, 11) is -3.73. The second-order valence-electron chi connectivity index (χ2n) is 8.77. The van der Waals surface area contributed by atoms with Gasteiger partial charge in [0, 0.05) is 36.4 Å². The van der Waals surface area contributed by atoms with Gasteiger partial charge >= 0.3 is 0 Å². The van der Waals surface area contributed by atoms with Crippen molar-refractivity contribution in [3.63, 3.8) is 0 Å². The van der Waals surface area contributed by atoms with Gasteiger partial charge in [-0.2, -0.15) is 9.61 Å². The molecule has 3 heterocycles. The second kappa shape index (κ2) is 7.60. The van der Waals surface area contributed by atoms with Crippen LogP contribution in [0, 0.1) is 0 Å². The standard InChI is InChI=1S/C23H29N5O2S/c1-4-19-21(31(29,30)17-9-6-5-7-10-17)22-25-20-12-8-11-18(20)23(28(22)26-19)27-13-15(2)24-16(3)14-27/h5-7,9-10,15-16,24H,4,8,11-14H2,1-3H3. The van der Waals surface area contributed by atoms with Crippen molar-refractivity contribution in [2.24, 2.45) is 0 Å². The molecule has 1 saturated heterocycles. The van der Waals surface area contributed by atoms with Gasteiger partial charge in [0.2, 0.25) is 9.84 Å². The number of hydrogen-bond donors (Lipinski definition) is 1. The topological polar surface area (TPSA) is 79.6 Å². The predicted molar refractivity (Wildman–Crippen MR) is 121 cm³/mol. The highest BCUT2D eigenvalue weighted by Crippen LogP contribution is 2.36. The van der Waals surface area contributed by atoms with Gasteiger partial charge in [-0.25, -0.2) is 13.4 Å². The van der Waals surface area contributed by atoms with Gasteiger partial charge in [-0.3, -0.25) is 0 Å². The molecule has 1 aliphatic heterocycles. The zero-order valence-corrected chi connectivity index (χ0v) is 19.1. The summed E-state index contributed by atoms with van der Waals surface area (Å²) < 4.78 is 29.2. The van der Waals surface area contributed by atoms with Crippen LogP contribution < -0.4 is 10.2 Å². The zero-order chi connectivity index (χ0) is 21.8. The first-order valence-electron chi connectivity index (χ1n) is 11.1. The molecule has 164 valence electrons. The molecule has 0 saturated carbocycles. The van der Waals surface area contributed by atoms with E-state index in [9.17, 15) is 8.42 Å². The SMILES string of the molecule is CCc1nn2c(N3CC(C)NC(C)C3)c3c(nc2c1S(=O)(=O)c1ccccc1)CCC3. The van der Waals surface area contributed by atoms with Gasteiger partial charge in [0.15, 0.2) is 5.65 Å². The van der Waals surface area contributed by atoms with Gasteiger partial charge in [0.05, 0.1) is 10.6 Å². The summed E-state index contributed by atoms with van der Waals surface area (Å²) in [6, 6.07) is 9.31. The maximum atomic E-state index is 13.7. The van der Waals surface area contributed by atoms with Crippen molar-refractivity contribution in [3.05, 3.63) is 47.3 Å². The zero-order valence-electron chi connectivity index (χ0n) is 18.3. The molecule has 8 heteroatoms. The van der Waals surface area contributed by atoms with Crippen LogP contribution in [0.2, 0.25) is 0 Å². The van der Waals surface area contributed by atoms with Gasteiger partial charge in [-0.1, -0.05) is 25.1 Å². The van der Waals surface area contributed by atoms with E-state index in [-0.39, 0.29) is 9.79 Å². The van der Waals surface area contributed by atoms with Crippen LogP contribution in [-0.4, -0.2) is 48.2 Å². The van der Waals surface area contributed by atoms with Crippen LogP contribution in [0.5, 0.6) is 0 Å². The Hall–Kier alpha value is -2.45. The molecule has 5 rings (SSSR count). The van der Waals surface area contributed by atoms with Gasteiger partial charge in [-0.05, 0) is 51.7 Å². The van der Waals surface area contributed by atoms with Gasteiger partial charge < -0.3 is 10.2 Å². The lowest BCUT2D eigenvalue weighted by molar-refractivity contribution is 0.403. The van der Waals surface area contributed by atoms with Crippen LogP contribution in [0.4, 0.5) is 5.82 Å². The summed E-state index contributed by atoms with van der Waals surface area (Å²) in [6.07, 6.45) is 3.42. The monoisotopic (exact) mass is 439 g/mol. The number of hydrogen-bond acceptors (Lipinski definition) is 6. The first kappa shape index (κ1) is 20.5. The Balaban J connectivity index is 1.78. The summed E-state index contributed by atoms with van der Waals surface area (Å²) in [5.41, 5.74) is 3.30. The van der Waals surface area contributed by atoms with Crippen molar-refractivity contribution < 1.29 is 8.42 Å². The Morgan fingerprint density at radius 1 is 1.10 bits per heavy atom. The number of aromatic nitrogens is 3. The van der Waals surface area contributed by atoms with E-state index in [1.807, 2.05) is 17.5 Å². The van der Waals surface area contributed by atoms with Crippen LogP contribution in [0.15, 0.2) is 40.1 Å². The van der Waals surface area contributed by atoms with Crippen molar-refractivity contribution in [1.29, 1.82) is 0 Å². The van der Waals surface area contributed by atoms with Gasteiger partial charge in [0.25, 0.3) is 0 Å². The van der Waals surface area contributed by atoms with Gasteiger partial charge in [0.1, 0.15) is 10.7 Å². The third-order valence-corrected chi connectivity index (χ3v) is 8.15. The van der Waals surface area contributed by atoms with Crippen LogP contribution in [-0.2, 0) is 29.1 Å². The second-order valence-corrected chi connectivity index (χ2v) is 10.7. The number of anilines is 1. The van der Waals surface area contributed by atoms with Crippen LogP contribution in [0.3, 0.4) is 0 Å². The van der Waals surface area contributed by atoms with E-state index in [4.69, 9.17) is 10.1 Å². The average Bonchev–Trinajstić information content (AvgIpc) is 3.35. The third-order valence-electron chi connectivity index (χ3n) is 6.30. The predicted octanol–water partition coefficient (Wildman–Crippen LogP) is 2.80. The average molecular weight is 440 g/mol. The minimum atomic E-state index is -3.73. The molecule has 2 aromatic heterocycles. The quantitative estimate of drug-likeness (QED) is 0.673. The molecule has 1 aliphatic carbocycles. The fraction of sp³-hybridized carbons (Fsp3) is 0.478. The van der Waals surface area contributed by atoms with E-state index in [0.717, 1.165) is 43.9 Å². The van der Waals surface area contributed by atoms with E-state index >= 15 is 0 Å². The molecule has 1 N–H and O–H groups in total. The summed E-state index contributed by atoms with van der Waals surface area (Å²) in [5.74, 6) is 1.03. The highest BCUT2D eigenvalue weighted by Gasteiger charge is 2.34. The lowest BCUT2D eigenvalue weighted by atomic mass is 10.1. The number of nitrogens with zero attached hydrogens (tertiary/aromatic N) is 4. The maximum absolute atomic E-state index is 13.7. The number of sulfone groups is 1. The Bertz CT molecular complexity index is 1230. The fourth-order valence-electron chi connectivity index (χ4n) is 5.08. The van der Waals surface area contributed by atoms with E-state index in [1.54, 1.807) is 24.3 Å². The van der Waals surface area contributed by atoms with Crippen molar-refractivity contribution in [3.8, 4) is 0 Å². The highest BCUT2D eigenvalue weighted by atomic mass is 32.2. The molecule has 2 aliphatic rings. The molecule has 1 fully saturated rings. The van der Waals surface area contributed by atoms with E-state index < -0.39 is 9.84 Å². The molecule has 0 spiro atoms. The molecule has 1 aromatic carbocycles. The summed E-state index contributed by atoms with van der Waals surface area (Å²) in [6.45, 7) is 8.05. The smallest absolute Gasteiger partial charge is 0.212 e. The Morgan fingerprint density at radius 3 is 2.48 bits per heavy atom. The first-order valence-corrected chi connectivity index (χ1v) is 12.6. The number of rotatable bonds is 4. The molecule has 3 aromatic rings. The summed E-state index contributed by atoms with van der Waals surface area (Å²) >= 11 is 0. The molecule has 7 nitrogen and oxygen atoms in total. The van der Waals surface area contributed by atoms with Crippen molar-refractivity contribution >= 4 is 21.3 Å². The fourth-order valence-corrected chi connectivity index (χ4v) is 6.70. The molecule has 0 radical (unpaired) electrons. The Morgan fingerprint density at radius 2 is 1.81 bits per heavy atom. The first-order chi connectivity index (χ1) is 14.9. The molecular weight excluding hydrogens is 410 g/mol.